The Hall–Kier alpha value is -2.70. The van der Waals surface area contributed by atoms with Crippen molar-refractivity contribution < 1.29 is 0 Å². The molecule has 8 rings (SSSR count). The Morgan fingerprint density at radius 3 is 2.36 bits per heavy atom. The third kappa shape index (κ3) is 4.79. The van der Waals surface area contributed by atoms with Crippen LogP contribution in [0.4, 0.5) is 5.69 Å². The first-order valence-electron chi connectivity index (χ1n) is 16.8. The zero-order valence-electron chi connectivity index (χ0n) is 26.1. The second kappa shape index (κ2) is 11.4. The molecule has 42 heavy (non-hydrogen) atoms. The van der Waals surface area contributed by atoms with Gasteiger partial charge in [-0.05, 0) is 87.2 Å². The van der Waals surface area contributed by atoms with Crippen LogP contribution >= 0.6 is 0 Å². The van der Waals surface area contributed by atoms with Crippen LogP contribution in [0, 0.1) is 17.8 Å². The molecule has 0 spiro atoms. The van der Waals surface area contributed by atoms with Gasteiger partial charge in [-0.15, -0.1) is 0 Å². The third-order valence-electron chi connectivity index (χ3n) is 11.0. The lowest BCUT2D eigenvalue weighted by Gasteiger charge is -2.51. The van der Waals surface area contributed by atoms with Gasteiger partial charge >= 0.3 is 0 Å². The lowest BCUT2D eigenvalue weighted by atomic mass is 9.75. The summed E-state index contributed by atoms with van der Waals surface area (Å²) >= 11 is 0. The Morgan fingerprint density at radius 2 is 1.67 bits per heavy atom. The fourth-order valence-electron chi connectivity index (χ4n) is 9.39. The van der Waals surface area contributed by atoms with E-state index in [9.17, 15) is 4.79 Å². The summed E-state index contributed by atoms with van der Waals surface area (Å²) in [7, 11) is 0. The lowest BCUT2D eigenvalue weighted by Crippen LogP contribution is -2.60. The SMILES string of the molecule is CCCC(c1nc2ccc(N3C[C@H](c4ccccc4)[C@@H]4[C@H]3C3CCN4CC3)cc2c(=O)n1CC)N1C[C@H](C)C[C@H](C)C1. The highest BCUT2D eigenvalue weighted by molar-refractivity contribution is 5.82. The molecule has 0 amide bonds. The normalized spacial score (nSPS) is 31.9. The Bertz CT molecular complexity index is 1450. The highest BCUT2D eigenvalue weighted by atomic mass is 16.1. The molecular formula is C36H49N5O. The number of benzene rings is 2. The summed E-state index contributed by atoms with van der Waals surface area (Å²) in [6.45, 7) is 15.4. The fraction of sp³-hybridized carbons (Fsp3) is 0.611. The molecule has 0 radical (unpaired) electrons. The van der Waals surface area contributed by atoms with E-state index in [1.54, 1.807) is 0 Å². The molecule has 0 saturated carbocycles. The van der Waals surface area contributed by atoms with Crippen molar-refractivity contribution in [2.75, 3.05) is 37.6 Å². The molecule has 5 aliphatic rings. The van der Waals surface area contributed by atoms with Crippen LogP contribution < -0.4 is 10.5 Å². The molecule has 2 aromatic carbocycles. The molecule has 224 valence electrons. The van der Waals surface area contributed by atoms with Gasteiger partial charge in [0.1, 0.15) is 5.82 Å². The quantitative estimate of drug-likeness (QED) is 0.335. The first-order valence-corrected chi connectivity index (χ1v) is 16.8. The van der Waals surface area contributed by atoms with Crippen LogP contribution in [0.25, 0.3) is 10.9 Å². The number of hydrogen-bond donors (Lipinski definition) is 0. The standard InChI is InChI=1S/C36H49N5O/c1-5-10-32(39-21-24(3)19-25(4)22-39)35-37-31-14-13-28(20-29(31)36(42)40(35)6-2)41-23-30(26-11-8-7-9-12-26)34-33(41)27-15-17-38(34)18-16-27/h7-9,11-14,20,24-25,27,30,32-34H,5-6,10,15-19,21-23H2,1-4H3/t24-,25+,30-,32?,33-,34-/m1/s1. The Labute approximate surface area is 251 Å². The van der Waals surface area contributed by atoms with Crippen molar-refractivity contribution in [3.63, 3.8) is 0 Å². The van der Waals surface area contributed by atoms with E-state index in [0.29, 0.717) is 36.4 Å². The van der Waals surface area contributed by atoms with E-state index in [1.165, 1.54) is 43.6 Å². The molecular weight excluding hydrogens is 518 g/mol. The second-order valence-electron chi connectivity index (χ2n) is 13.9. The van der Waals surface area contributed by atoms with Gasteiger partial charge in [0.05, 0.1) is 16.9 Å². The summed E-state index contributed by atoms with van der Waals surface area (Å²) in [4.78, 5) is 27.6. The molecule has 0 N–H and O–H groups in total. The minimum absolute atomic E-state index is 0.128. The fourth-order valence-corrected chi connectivity index (χ4v) is 9.39. The number of anilines is 1. The predicted molar refractivity (Wildman–Crippen MR) is 172 cm³/mol. The van der Waals surface area contributed by atoms with Crippen LogP contribution in [0.2, 0.25) is 0 Å². The first-order chi connectivity index (χ1) is 20.5. The van der Waals surface area contributed by atoms with Crippen molar-refractivity contribution in [3.8, 4) is 0 Å². The Morgan fingerprint density at radius 1 is 0.929 bits per heavy atom. The van der Waals surface area contributed by atoms with Crippen LogP contribution in [0.15, 0.2) is 53.3 Å². The number of fused-ring (bicyclic) bond motifs is 3. The van der Waals surface area contributed by atoms with Gasteiger partial charge in [-0.25, -0.2) is 4.98 Å². The van der Waals surface area contributed by atoms with E-state index in [2.05, 4.69) is 90.9 Å². The molecule has 0 aliphatic carbocycles. The van der Waals surface area contributed by atoms with E-state index >= 15 is 0 Å². The van der Waals surface area contributed by atoms with Gasteiger partial charge in [0.15, 0.2) is 0 Å². The number of rotatable bonds is 7. The minimum atomic E-state index is 0.128. The number of piperidine rings is 4. The van der Waals surface area contributed by atoms with Crippen LogP contribution in [0.1, 0.15) is 83.1 Å². The predicted octanol–water partition coefficient (Wildman–Crippen LogP) is 6.30. The molecule has 6 nitrogen and oxygen atoms in total. The van der Waals surface area contributed by atoms with E-state index < -0.39 is 0 Å². The molecule has 3 aromatic rings. The van der Waals surface area contributed by atoms with Crippen LogP contribution in [-0.2, 0) is 6.54 Å². The van der Waals surface area contributed by atoms with E-state index in [0.717, 1.165) is 55.1 Å². The molecule has 6 heteroatoms. The summed E-state index contributed by atoms with van der Waals surface area (Å²) in [6.07, 6.45) is 5.97. The molecule has 1 aromatic heterocycles. The summed E-state index contributed by atoms with van der Waals surface area (Å²) in [6, 6.07) is 19.0. The van der Waals surface area contributed by atoms with Crippen molar-refractivity contribution >= 4 is 16.6 Å². The van der Waals surface area contributed by atoms with Crippen molar-refractivity contribution in [3.05, 3.63) is 70.3 Å². The van der Waals surface area contributed by atoms with Gasteiger partial charge in [0.2, 0.25) is 0 Å². The summed E-state index contributed by atoms with van der Waals surface area (Å²) in [5.41, 5.74) is 3.63. The number of likely N-dealkylation sites (tertiary alicyclic amines) is 1. The van der Waals surface area contributed by atoms with Crippen LogP contribution in [0.3, 0.4) is 0 Å². The average molecular weight is 568 g/mol. The van der Waals surface area contributed by atoms with Crippen LogP contribution in [0.5, 0.6) is 0 Å². The molecule has 2 bridgehead atoms. The van der Waals surface area contributed by atoms with Crippen LogP contribution in [-0.4, -0.2) is 64.2 Å². The molecule has 6 atom stereocenters. The number of nitrogens with zero attached hydrogens (tertiary/aromatic N) is 5. The van der Waals surface area contributed by atoms with Gasteiger partial charge < -0.3 is 4.90 Å². The first kappa shape index (κ1) is 28.1. The summed E-state index contributed by atoms with van der Waals surface area (Å²) in [5.74, 6) is 3.53. The van der Waals surface area contributed by atoms with Gasteiger partial charge in [-0.1, -0.05) is 57.5 Å². The smallest absolute Gasteiger partial charge is 0.261 e. The maximum absolute atomic E-state index is 14.2. The topological polar surface area (TPSA) is 44.6 Å². The monoisotopic (exact) mass is 567 g/mol. The molecule has 1 unspecified atom stereocenters. The summed E-state index contributed by atoms with van der Waals surface area (Å²) in [5, 5.41) is 0.773. The maximum Gasteiger partial charge on any atom is 0.261 e. The highest BCUT2D eigenvalue weighted by Gasteiger charge is 2.53. The molecule has 6 heterocycles. The van der Waals surface area contributed by atoms with Crippen molar-refractivity contribution in [2.24, 2.45) is 17.8 Å². The zero-order chi connectivity index (χ0) is 29.0. The van der Waals surface area contributed by atoms with Crippen molar-refractivity contribution in [1.29, 1.82) is 0 Å². The maximum atomic E-state index is 14.2. The zero-order valence-corrected chi connectivity index (χ0v) is 26.1. The highest BCUT2D eigenvalue weighted by Crippen LogP contribution is 2.48. The van der Waals surface area contributed by atoms with Gasteiger partial charge in [0, 0.05) is 49.9 Å². The third-order valence-corrected chi connectivity index (χ3v) is 11.0. The van der Waals surface area contributed by atoms with Crippen molar-refractivity contribution in [2.45, 2.75) is 90.4 Å². The van der Waals surface area contributed by atoms with E-state index in [-0.39, 0.29) is 11.6 Å². The van der Waals surface area contributed by atoms with Gasteiger partial charge in [-0.3, -0.25) is 19.2 Å². The summed E-state index contributed by atoms with van der Waals surface area (Å²) < 4.78 is 1.99. The Kier molecular flexibility index (Phi) is 7.64. The second-order valence-corrected chi connectivity index (χ2v) is 13.9. The van der Waals surface area contributed by atoms with Gasteiger partial charge in [-0.2, -0.15) is 0 Å². The van der Waals surface area contributed by atoms with E-state index in [4.69, 9.17) is 4.98 Å². The molecule has 5 fully saturated rings. The molecule has 5 saturated heterocycles. The van der Waals surface area contributed by atoms with Gasteiger partial charge in [0.25, 0.3) is 5.56 Å². The molecule has 5 aliphatic heterocycles. The number of hydrogen-bond acceptors (Lipinski definition) is 5. The van der Waals surface area contributed by atoms with Crippen molar-refractivity contribution in [1.82, 2.24) is 19.4 Å². The largest absolute Gasteiger partial charge is 0.366 e. The minimum Gasteiger partial charge on any atom is -0.366 e. The Balaban J connectivity index is 1.28. The number of aromatic nitrogens is 2. The van der Waals surface area contributed by atoms with E-state index in [1.807, 2.05) is 4.57 Å². The average Bonchev–Trinajstić information content (AvgIpc) is 3.43. The lowest BCUT2D eigenvalue weighted by molar-refractivity contribution is 0.0356.